The Morgan fingerprint density at radius 2 is 1.73 bits per heavy atom. The summed E-state index contributed by atoms with van der Waals surface area (Å²) < 4.78 is 17.1. The number of rotatable bonds is 4. The van der Waals surface area contributed by atoms with Crippen molar-refractivity contribution in [2.24, 2.45) is 5.10 Å². The highest BCUT2D eigenvalue weighted by atomic mass is 32.1. The molecular formula is C25H17FN6S. The molecule has 1 aliphatic rings. The average Bonchev–Trinajstić information content (AvgIpc) is 3.51. The topological polar surface area (TPSA) is 63.8 Å². The summed E-state index contributed by atoms with van der Waals surface area (Å²) in [5.74, 6) is 0.228. The molecule has 33 heavy (non-hydrogen) atoms. The lowest BCUT2D eigenvalue weighted by molar-refractivity contribution is 0.628. The molecular weight excluding hydrogens is 435 g/mol. The summed E-state index contributed by atoms with van der Waals surface area (Å²) in [6.07, 6.45) is 2.37. The zero-order valence-electron chi connectivity index (χ0n) is 17.3. The minimum atomic E-state index is -0.297. The second-order valence-corrected chi connectivity index (χ2v) is 8.10. The first-order chi connectivity index (χ1) is 16.2. The Hall–Kier alpha value is -4.17. The van der Waals surface area contributed by atoms with E-state index in [2.05, 4.69) is 27.4 Å². The third-order valence-corrected chi connectivity index (χ3v) is 5.94. The highest BCUT2D eigenvalue weighted by Crippen LogP contribution is 2.42. The first-order valence-electron chi connectivity index (χ1n) is 10.4. The van der Waals surface area contributed by atoms with Crippen LogP contribution >= 0.6 is 12.2 Å². The lowest BCUT2D eigenvalue weighted by Gasteiger charge is -2.07. The maximum atomic E-state index is 13.2. The molecule has 0 radical (unpaired) electrons. The highest BCUT2D eigenvalue weighted by Gasteiger charge is 2.30. The summed E-state index contributed by atoms with van der Waals surface area (Å²) >= 11 is 5.44. The van der Waals surface area contributed by atoms with Crippen LogP contribution in [0.2, 0.25) is 0 Å². The minimum Gasteiger partial charge on any atom is -0.250 e. The van der Waals surface area contributed by atoms with Crippen LogP contribution in [0.3, 0.4) is 0 Å². The molecule has 6 rings (SSSR count). The van der Waals surface area contributed by atoms with E-state index in [0.29, 0.717) is 16.3 Å². The Kier molecular flexibility index (Phi) is 4.58. The molecule has 1 aliphatic carbocycles. The van der Waals surface area contributed by atoms with Crippen molar-refractivity contribution in [2.75, 3.05) is 0 Å². The monoisotopic (exact) mass is 452 g/mol. The molecule has 8 heteroatoms. The van der Waals surface area contributed by atoms with E-state index >= 15 is 0 Å². The maximum Gasteiger partial charge on any atom is 0.216 e. The highest BCUT2D eigenvalue weighted by molar-refractivity contribution is 7.71. The molecule has 0 saturated heterocycles. The van der Waals surface area contributed by atoms with E-state index < -0.39 is 0 Å². The molecule has 2 heterocycles. The number of hydrogen-bond acceptors (Lipinski definition) is 4. The SMILES string of the molecule is Fc1ccc(/C=N/n2c(-c3nn(-c4ccccc4)c4c3Cc3ccccc3-4)n[nH]c2=S)cc1. The lowest BCUT2D eigenvalue weighted by Crippen LogP contribution is -2.01. The molecule has 0 aliphatic heterocycles. The van der Waals surface area contributed by atoms with Gasteiger partial charge in [0, 0.05) is 17.5 Å². The molecule has 0 spiro atoms. The molecule has 0 unspecified atom stereocenters. The van der Waals surface area contributed by atoms with Crippen LogP contribution in [0.5, 0.6) is 0 Å². The van der Waals surface area contributed by atoms with Gasteiger partial charge in [0.15, 0.2) is 0 Å². The molecule has 160 valence electrons. The molecule has 1 N–H and O–H groups in total. The molecule has 2 aromatic heterocycles. The van der Waals surface area contributed by atoms with Crippen molar-refractivity contribution in [3.05, 3.63) is 106 Å². The van der Waals surface area contributed by atoms with Crippen molar-refractivity contribution in [3.8, 4) is 28.5 Å². The summed E-state index contributed by atoms with van der Waals surface area (Å²) in [7, 11) is 0. The number of nitrogens with zero attached hydrogens (tertiary/aromatic N) is 5. The Morgan fingerprint density at radius 3 is 2.55 bits per heavy atom. The van der Waals surface area contributed by atoms with E-state index in [1.54, 1.807) is 23.0 Å². The quantitative estimate of drug-likeness (QED) is 0.288. The number of halogens is 1. The van der Waals surface area contributed by atoms with Gasteiger partial charge in [0.2, 0.25) is 10.6 Å². The normalized spacial score (nSPS) is 12.3. The average molecular weight is 453 g/mol. The Labute approximate surface area is 193 Å². The fraction of sp³-hybridized carbons (Fsp3) is 0.0400. The van der Waals surface area contributed by atoms with Crippen molar-refractivity contribution in [3.63, 3.8) is 0 Å². The maximum absolute atomic E-state index is 13.2. The van der Waals surface area contributed by atoms with Gasteiger partial charge in [0.25, 0.3) is 0 Å². The molecule has 0 fully saturated rings. The number of aromatic nitrogens is 5. The Morgan fingerprint density at radius 1 is 0.970 bits per heavy atom. The van der Waals surface area contributed by atoms with E-state index in [1.165, 1.54) is 17.7 Å². The standard InChI is InChI=1S/C25H17FN6S/c26-18-12-10-16(11-13-18)15-27-32-24(28-29-25(32)33)22-21-14-17-6-4-5-9-20(17)23(21)31(30-22)19-7-2-1-3-8-19/h1-13,15H,14H2,(H,29,33)/b27-15+. The zero-order valence-corrected chi connectivity index (χ0v) is 18.1. The number of H-pyrrole nitrogens is 1. The summed E-state index contributed by atoms with van der Waals surface area (Å²) in [5, 5.41) is 16.8. The fourth-order valence-corrected chi connectivity index (χ4v) is 4.33. The predicted molar refractivity (Wildman–Crippen MR) is 128 cm³/mol. The Balaban J connectivity index is 1.52. The summed E-state index contributed by atoms with van der Waals surface area (Å²) in [5.41, 5.74) is 6.96. The van der Waals surface area contributed by atoms with E-state index in [0.717, 1.165) is 34.5 Å². The van der Waals surface area contributed by atoms with Crippen LogP contribution < -0.4 is 0 Å². The number of fused-ring (bicyclic) bond motifs is 3. The van der Waals surface area contributed by atoms with Gasteiger partial charge < -0.3 is 0 Å². The van der Waals surface area contributed by atoms with Gasteiger partial charge in [0.1, 0.15) is 11.5 Å². The summed E-state index contributed by atoms with van der Waals surface area (Å²) in [6.45, 7) is 0. The van der Waals surface area contributed by atoms with Gasteiger partial charge >= 0.3 is 0 Å². The number of aromatic amines is 1. The van der Waals surface area contributed by atoms with Gasteiger partial charge in [-0.2, -0.15) is 20.0 Å². The zero-order chi connectivity index (χ0) is 22.4. The van der Waals surface area contributed by atoms with Crippen LogP contribution in [0.25, 0.3) is 28.5 Å². The fourth-order valence-electron chi connectivity index (χ4n) is 4.15. The summed E-state index contributed by atoms with van der Waals surface area (Å²) in [4.78, 5) is 0. The number of nitrogens with one attached hydrogen (secondary N) is 1. The number of para-hydroxylation sites is 1. The number of hydrogen-bond donors (Lipinski definition) is 1. The Bertz CT molecular complexity index is 1560. The van der Waals surface area contributed by atoms with Crippen LogP contribution in [0.15, 0.2) is 84.0 Å². The molecule has 0 saturated carbocycles. The van der Waals surface area contributed by atoms with Crippen molar-refractivity contribution >= 4 is 18.4 Å². The molecule has 0 atom stereocenters. The van der Waals surface area contributed by atoms with Crippen molar-refractivity contribution in [1.82, 2.24) is 24.7 Å². The number of benzene rings is 3. The van der Waals surface area contributed by atoms with Crippen LogP contribution in [0.4, 0.5) is 4.39 Å². The third kappa shape index (κ3) is 3.32. The largest absolute Gasteiger partial charge is 0.250 e. The lowest BCUT2D eigenvalue weighted by atomic mass is 10.1. The molecule has 0 amide bonds. The van der Waals surface area contributed by atoms with Crippen LogP contribution in [-0.4, -0.2) is 30.9 Å². The van der Waals surface area contributed by atoms with Gasteiger partial charge in [-0.3, -0.25) is 0 Å². The molecule has 3 aromatic carbocycles. The minimum absolute atomic E-state index is 0.297. The van der Waals surface area contributed by atoms with Gasteiger partial charge in [-0.05, 0) is 47.6 Å². The van der Waals surface area contributed by atoms with Crippen LogP contribution in [-0.2, 0) is 6.42 Å². The van der Waals surface area contributed by atoms with E-state index in [-0.39, 0.29) is 5.82 Å². The molecule has 0 bridgehead atoms. The van der Waals surface area contributed by atoms with Gasteiger partial charge in [-0.1, -0.05) is 54.6 Å². The van der Waals surface area contributed by atoms with Crippen molar-refractivity contribution in [2.45, 2.75) is 6.42 Å². The van der Waals surface area contributed by atoms with Crippen molar-refractivity contribution < 1.29 is 4.39 Å². The smallest absolute Gasteiger partial charge is 0.216 e. The first-order valence-corrected chi connectivity index (χ1v) is 10.8. The first kappa shape index (κ1) is 19.5. The van der Waals surface area contributed by atoms with Gasteiger partial charge in [-0.25, -0.2) is 14.2 Å². The second-order valence-electron chi connectivity index (χ2n) is 7.72. The van der Waals surface area contributed by atoms with Crippen LogP contribution in [0.1, 0.15) is 16.7 Å². The third-order valence-electron chi connectivity index (χ3n) is 5.68. The van der Waals surface area contributed by atoms with E-state index in [1.807, 2.05) is 47.1 Å². The molecule has 6 nitrogen and oxygen atoms in total. The van der Waals surface area contributed by atoms with E-state index in [9.17, 15) is 4.39 Å². The van der Waals surface area contributed by atoms with Crippen LogP contribution in [0, 0.1) is 10.6 Å². The second kappa shape index (κ2) is 7.75. The van der Waals surface area contributed by atoms with Gasteiger partial charge in [0.05, 0.1) is 17.6 Å². The van der Waals surface area contributed by atoms with Gasteiger partial charge in [-0.15, -0.1) is 0 Å². The van der Waals surface area contributed by atoms with Crippen molar-refractivity contribution in [1.29, 1.82) is 0 Å². The van der Waals surface area contributed by atoms with E-state index in [4.69, 9.17) is 17.3 Å². The summed E-state index contributed by atoms with van der Waals surface area (Å²) in [6, 6.07) is 24.5. The molecule has 5 aromatic rings. The predicted octanol–water partition coefficient (Wildman–Crippen LogP) is 5.39.